The average Bonchev–Trinajstić information content (AvgIpc) is 3.12. The first-order chi connectivity index (χ1) is 15.0. The molecule has 3 heterocycles. The average molecular weight is 421 g/mol. The summed E-state index contributed by atoms with van der Waals surface area (Å²) in [6, 6.07) is 17.5. The molecular formula is C24H27N3O4. The van der Waals surface area contributed by atoms with Crippen LogP contribution >= 0.6 is 0 Å². The lowest BCUT2D eigenvalue weighted by Crippen LogP contribution is -2.51. The van der Waals surface area contributed by atoms with Crippen molar-refractivity contribution < 1.29 is 19.4 Å². The molecule has 0 radical (unpaired) electrons. The molecule has 1 saturated heterocycles. The van der Waals surface area contributed by atoms with E-state index < -0.39 is 6.09 Å². The van der Waals surface area contributed by atoms with Gasteiger partial charge in [-0.1, -0.05) is 36.4 Å². The molecule has 1 fully saturated rings. The highest BCUT2D eigenvalue weighted by atomic mass is 16.5. The number of rotatable bonds is 6. The number of aromatic nitrogens is 2. The largest absolute Gasteiger partial charge is 0.465 e. The fraction of sp³-hybridized carbons (Fsp3) is 0.333. The summed E-state index contributed by atoms with van der Waals surface area (Å²) in [5, 5.41) is 9.72. The van der Waals surface area contributed by atoms with Gasteiger partial charge in [-0.05, 0) is 37.6 Å². The summed E-state index contributed by atoms with van der Waals surface area (Å²) in [5.41, 5.74) is 4.14. The highest BCUT2D eigenvalue weighted by Gasteiger charge is 2.33. The Balaban J connectivity index is 1.39. The predicted octanol–water partition coefficient (Wildman–Crippen LogP) is 4.13. The molecule has 0 saturated carbocycles. The maximum atomic E-state index is 11.9. The van der Waals surface area contributed by atoms with E-state index in [-0.39, 0.29) is 31.9 Å². The highest BCUT2D eigenvalue weighted by molar-refractivity contribution is 5.65. The molecule has 1 aromatic carbocycles. The number of hydrogen-bond donors (Lipinski definition) is 1. The van der Waals surface area contributed by atoms with Gasteiger partial charge in [0.15, 0.2) is 0 Å². The number of nitrogens with zero attached hydrogens (tertiary/aromatic N) is 3. The van der Waals surface area contributed by atoms with E-state index in [0.717, 1.165) is 28.3 Å². The molecule has 3 aromatic rings. The van der Waals surface area contributed by atoms with E-state index in [1.54, 1.807) is 6.20 Å². The Bertz CT molecular complexity index is 998. The Labute approximate surface area is 181 Å². The molecule has 0 spiro atoms. The van der Waals surface area contributed by atoms with Crippen molar-refractivity contribution in [3.05, 3.63) is 83.3 Å². The molecule has 4 rings (SSSR count). The van der Waals surface area contributed by atoms with Crippen molar-refractivity contribution in [2.75, 3.05) is 19.8 Å². The number of pyridine rings is 1. The zero-order chi connectivity index (χ0) is 21.8. The fourth-order valence-corrected chi connectivity index (χ4v) is 3.91. The monoisotopic (exact) mass is 421 g/mol. The molecule has 1 amide bonds. The van der Waals surface area contributed by atoms with Gasteiger partial charge in [0, 0.05) is 23.1 Å². The van der Waals surface area contributed by atoms with E-state index in [9.17, 15) is 9.90 Å². The molecule has 1 N–H and O–H groups in total. The standard InChI is InChI=1S/C24H27N3O4/c1-17-8-9-18(2)27(17)23-11-10-20(12-25-23)22-13-26(24(28)29)21(16-31-22)15-30-14-19-6-4-3-5-7-19/h3-12,21-22H,13-16H2,1-2H3,(H,28,29)/t21-,22-/m0/s1. The van der Waals surface area contributed by atoms with Crippen LogP contribution in [0.25, 0.3) is 5.82 Å². The number of carbonyl (C=O) groups is 1. The second-order valence-corrected chi connectivity index (χ2v) is 7.81. The Kier molecular flexibility index (Phi) is 6.34. The number of benzene rings is 1. The summed E-state index contributed by atoms with van der Waals surface area (Å²) in [6.07, 6.45) is 0.449. The van der Waals surface area contributed by atoms with Crippen LogP contribution in [0.4, 0.5) is 4.79 Å². The van der Waals surface area contributed by atoms with Crippen LogP contribution in [0.1, 0.15) is 28.6 Å². The van der Waals surface area contributed by atoms with Gasteiger partial charge in [0.25, 0.3) is 0 Å². The van der Waals surface area contributed by atoms with Crippen LogP contribution in [-0.2, 0) is 16.1 Å². The molecule has 162 valence electrons. The van der Waals surface area contributed by atoms with Gasteiger partial charge in [0.05, 0.1) is 32.4 Å². The number of carboxylic acid groups (broad SMARTS) is 1. The van der Waals surface area contributed by atoms with E-state index in [2.05, 4.69) is 21.7 Å². The quantitative estimate of drug-likeness (QED) is 0.648. The third-order valence-electron chi connectivity index (χ3n) is 5.60. The van der Waals surface area contributed by atoms with Crippen LogP contribution in [0.5, 0.6) is 0 Å². The summed E-state index contributed by atoms with van der Waals surface area (Å²) in [5.74, 6) is 0.835. The minimum atomic E-state index is -0.968. The summed E-state index contributed by atoms with van der Waals surface area (Å²) < 4.78 is 13.8. The van der Waals surface area contributed by atoms with Gasteiger partial charge in [0.2, 0.25) is 0 Å². The first kappa shape index (κ1) is 21.1. The van der Waals surface area contributed by atoms with Crippen LogP contribution in [0.3, 0.4) is 0 Å². The minimum Gasteiger partial charge on any atom is -0.465 e. The normalized spacial score (nSPS) is 18.8. The van der Waals surface area contributed by atoms with Crippen molar-refractivity contribution in [1.82, 2.24) is 14.5 Å². The lowest BCUT2D eigenvalue weighted by atomic mass is 10.1. The third kappa shape index (κ3) is 4.78. The smallest absolute Gasteiger partial charge is 0.407 e. The molecule has 2 atom stereocenters. The molecule has 31 heavy (non-hydrogen) atoms. The maximum absolute atomic E-state index is 11.9. The lowest BCUT2D eigenvalue weighted by Gasteiger charge is -2.37. The fourth-order valence-electron chi connectivity index (χ4n) is 3.91. The van der Waals surface area contributed by atoms with E-state index in [1.165, 1.54) is 4.90 Å². The topological polar surface area (TPSA) is 76.8 Å². The third-order valence-corrected chi connectivity index (χ3v) is 5.60. The molecule has 1 aliphatic heterocycles. The SMILES string of the molecule is Cc1ccc(C)n1-c1ccc([C@@H]2CN(C(=O)O)[C@@H](COCc3ccccc3)CO2)cn1. The van der Waals surface area contributed by atoms with Crippen molar-refractivity contribution in [3.8, 4) is 5.82 Å². The summed E-state index contributed by atoms with van der Waals surface area (Å²) in [6.45, 7) is 5.34. The van der Waals surface area contributed by atoms with Gasteiger partial charge >= 0.3 is 6.09 Å². The van der Waals surface area contributed by atoms with Gasteiger partial charge in [-0.3, -0.25) is 4.90 Å². The van der Waals surface area contributed by atoms with Crippen molar-refractivity contribution >= 4 is 6.09 Å². The number of aryl methyl sites for hydroxylation is 2. The summed E-state index contributed by atoms with van der Waals surface area (Å²) in [7, 11) is 0. The molecule has 7 heteroatoms. The molecule has 1 aliphatic rings. The molecule has 0 bridgehead atoms. The molecule has 7 nitrogen and oxygen atoms in total. The van der Waals surface area contributed by atoms with Crippen LogP contribution in [-0.4, -0.2) is 51.5 Å². The lowest BCUT2D eigenvalue weighted by molar-refractivity contribution is -0.0788. The Morgan fingerprint density at radius 3 is 2.52 bits per heavy atom. The molecule has 0 aliphatic carbocycles. The van der Waals surface area contributed by atoms with Crippen molar-refractivity contribution in [2.24, 2.45) is 0 Å². The Morgan fingerprint density at radius 2 is 1.87 bits per heavy atom. The number of ether oxygens (including phenoxy) is 2. The minimum absolute atomic E-state index is 0.247. The Morgan fingerprint density at radius 1 is 1.13 bits per heavy atom. The Hall–Kier alpha value is -3.16. The van der Waals surface area contributed by atoms with Crippen molar-refractivity contribution in [1.29, 1.82) is 0 Å². The second kappa shape index (κ2) is 9.32. The van der Waals surface area contributed by atoms with Gasteiger partial charge in [-0.15, -0.1) is 0 Å². The van der Waals surface area contributed by atoms with E-state index in [4.69, 9.17) is 9.47 Å². The highest BCUT2D eigenvalue weighted by Crippen LogP contribution is 2.26. The van der Waals surface area contributed by atoms with Crippen molar-refractivity contribution in [2.45, 2.75) is 32.6 Å². The van der Waals surface area contributed by atoms with E-state index in [1.807, 2.05) is 56.3 Å². The van der Waals surface area contributed by atoms with Crippen molar-refractivity contribution in [3.63, 3.8) is 0 Å². The number of hydrogen-bond acceptors (Lipinski definition) is 4. The second-order valence-electron chi connectivity index (χ2n) is 7.81. The molecular weight excluding hydrogens is 394 g/mol. The van der Waals surface area contributed by atoms with Gasteiger partial charge in [-0.25, -0.2) is 9.78 Å². The predicted molar refractivity (Wildman–Crippen MR) is 116 cm³/mol. The van der Waals surface area contributed by atoms with E-state index in [0.29, 0.717) is 6.61 Å². The zero-order valence-electron chi connectivity index (χ0n) is 17.8. The van der Waals surface area contributed by atoms with Gasteiger partial charge < -0.3 is 19.1 Å². The van der Waals surface area contributed by atoms with Crippen LogP contribution in [0.2, 0.25) is 0 Å². The van der Waals surface area contributed by atoms with Gasteiger partial charge in [0.1, 0.15) is 11.9 Å². The number of amides is 1. The first-order valence-corrected chi connectivity index (χ1v) is 10.4. The summed E-state index contributed by atoms with van der Waals surface area (Å²) >= 11 is 0. The van der Waals surface area contributed by atoms with Crippen LogP contribution in [0, 0.1) is 13.8 Å². The molecule has 0 unspecified atom stereocenters. The molecule has 2 aromatic heterocycles. The van der Waals surface area contributed by atoms with Gasteiger partial charge in [-0.2, -0.15) is 0 Å². The summed E-state index contributed by atoms with van der Waals surface area (Å²) in [4.78, 5) is 17.8. The van der Waals surface area contributed by atoms with Crippen LogP contribution < -0.4 is 0 Å². The van der Waals surface area contributed by atoms with E-state index >= 15 is 0 Å². The van der Waals surface area contributed by atoms with Crippen LogP contribution in [0.15, 0.2) is 60.8 Å². The first-order valence-electron chi connectivity index (χ1n) is 10.4. The zero-order valence-corrected chi connectivity index (χ0v) is 17.8. The number of morpholine rings is 1. The maximum Gasteiger partial charge on any atom is 0.407 e.